The molecule has 0 spiro atoms. The molecule has 0 fully saturated rings. The van der Waals surface area contributed by atoms with E-state index in [9.17, 15) is 0 Å². The Morgan fingerprint density at radius 2 is 2.07 bits per heavy atom. The van der Waals surface area contributed by atoms with Crippen molar-refractivity contribution in [1.29, 1.82) is 0 Å². The summed E-state index contributed by atoms with van der Waals surface area (Å²) in [5.41, 5.74) is 7.27. The fourth-order valence-electron chi connectivity index (χ4n) is 1.83. The Kier molecular flexibility index (Phi) is 4.14. The lowest BCUT2D eigenvalue weighted by Gasteiger charge is -2.18. The first-order valence-corrected chi connectivity index (χ1v) is 5.40. The Hall–Kier alpha value is -0.830. The number of hydrogen-bond acceptors (Lipinski definition) is 2. The smallest absolute Gasteiger partial charge is 0.0946 e. The Morgan fingerprint density at radius 3 is 2.50 bits per heavy atom. The molecule has 1 rings (SSSR count). The molecule has 3 heteroatoms. The van der Waals surface area contributed by atoms with Crippen LogP contribution in [0.25, 0.3) is 0 Å². The van der Waals surface area contributed by atoms with Gasteiger partial charge in [0.15, 0.2) is 0 Å². The normalized spacial score (nSPS) is 13.5. The molecule has 0 bridgehead atoms. The third-order valence-corrected chi connectivity index (χ3v) is 2.98. The average molecular weight is 195 g/mol. The van der Waals surface area contributed by atoms with E-state index in [1.807, 2.05) is 24.1 Å². The van der Waals surface area contributed by atoms with Crippen molar-refractivity contribution in [2.24, 2.45) is 18.7 Å². The summed E-state index contributed by atoms with van der Waals surface area (Å²) in [5.74, 6) is 0.736. The SMILES string of the molecule is CCC(CC)CC(N)c1cncn1C. The summed E-state index contributed by atoms with van der Waals surface area (Å²) in [6, 6.07) is 0.132. The van der Waals surface area contributed by atoms with Crippen molar-refractivity contribution in [2.45, 2.75) is 39.2 Å². The van der Waals surface area contributed by atoms with Gasteiger partial charge in [0.1, 0.15) is 0 Å². The molecule has 2 N–H and O–H groups in total. The highest BCUT2D eigenvalue weighted by molar-refractivity contribution is 5.03. The zero-order valence-corrected chi connectivity index (χ0v) is 9.40. The van der Waals surface area contributed by atoms with Crippen molar-refractivity contribution in [3.8, 4) is 0 Å². The summed E-state index contributed by atoms with van der Waals surface area (Å²) in [7, 11) is 2.00. The van der Waals surface area contributed by atoms with E-state index in [2.05, 4.69) is 18.8 Å². The minimum absolute atomic E-state index is 0.132. The topological polar surface area (TPSA) is 43.8 Å². The molecular weight excluding hydrogens is 174 g/mol. The summed E-state index contributed by atoms with van der Waals surface area (Å²) in [6.07, 6.45) is 7.16. The average Bonchev–Trinajstić information content (AvgIpc) is 2.60. The van der Waals surface area contributed by atoms with Crippen LogP contribution in [0.15, 0.2) is 12.5 Å². The van der Waals surface area contributed by atoms with Gasteiger partial charge in [0.25, 0.3) is 0 Å². The molecule has 0 saturated heterocycles. The molecule has 0 aromatic carbocycles. The van der Waals surface area contributed by atoms with Crippen LogP contribution < -0.4 is 5.73 Å². The molecule has 0 saturated carbocycles. The number of aryl methyl sites for hydroxylation is 1. The fraction of sp³-hybridized carbons (Fsp3) is 0.727. The van der Waals surface area contributed by atoms with Gasteiger partial charge in [0.2, 0.25) is 0 Å². The number of nitrogens with two attached hydrogens (primary N) is 1. The van der Waals surface area contributed by atoms with Gasteiger partial charge in [0, 0.05) is 19.3 Å². The van der Waals surface area contributed by atoms with Crippen LogP contribution in [0.2, 0.25) is 0 Å². The molecule has 0 aliphatic heterocycles. The predicted octanol–water partition coefficient (Wildman–Crippen LogP) is 2.25. The Labute approximate surface area is 86.3 Å². The van der Waals surface area contributed by atoms with Gasteiger partial charge in [-0.05, 0) is 12.3 Å². The summed E-state index contributed by atoms with van der Waals surface area (Å²) in [4.78, 5) is 4.08. The summed E-state index contributed by atoms with van der Waals surface area (Å²) in [5, 5.41) is 0. The van der Waals surface area contributed by atoms with Crippen LogP contribution in [0.1, 0.15) is 44.8 Å². The van der Waals surface area contributed by atoms with Crippen molar-refractivity contribution in [3.05, 3.63) is 18.2 Å². The van der Waals surface area contributed by atoms with Crippen LogP contribution in [-0.4, -0.2) is 9.55 Å². The number of imidazole rings is 1. The van der Waals surface area contributed by atoms with E-state index >= 15 is 0 Å². The molecule has 0 radical (unpaired) electrons. The van der Waals surface area contributed by atoms with Gasteiger partial charge >= 0.3 is 0 Å². The number of rotatable bonds is 5. The second-order valence-electron chi connectivity index (χ2n) is 3.95. The van der Waals surface area contributed by atoms with Crippen molar-refractivity contribution in [2.75, 3.05) is 0 Å². The lowest BCUT2D eigenvalue weighted by molar-refractivity contribution is 0.407. The largest absolute Gasteiger partial charge is 0.336 e. The fourth-order valence-corrected chi connectivity index (χ4v) is 1.83. The second kappa shape index (κ2) is 5.15. The van der Waals surface area contributed by atoms with Crippen LogP contribution in [0.3, 0.4) is 0 Å². The lowest BCUT2D eigenvalue weighted by atomic mass is 9.94. The van der Waals surface area contributed by atoms with Gasteiger partial charge in [0.05, 0.1) is 12.0 Å². The minimum Gasteiger partial charge on any atom is -0.336 e. The van der Waals surface area contributed by atoms with E-state index in [1.165, 1.54) is 12.8 Å². The van der Waals surface area contributed by atoms with Gasteiger partial charge < -0.3 is 10.3 Å². The maximum atomic E-state index is 6.13. The second-order valence-corrected chi connectivity index (χ2v) is 3.95. The first-order chi connectivity index (χ1) is 6.69. The van der Waals surface area contributed by atoms with Crippen molar-refractivity contribution in [3.63, 3.8) is 0 Å². The van der Waals surface area contributed by atoms with Crippen LogP contribution in [0.4, 0.5) is 0 Å². The quantitative estimate of drug-likeness (QED) is 0.783. The molecule has 0 aliphatic carbocycles. The first-order valence-electron chi connectivity index (χ1n) is 5.40. The molecule has 1 aromatic rings. The van der Waals surface area contributed by atoms with Gasteiger partial charge in [-0.3, -0.25) is 0 Å². The molecular formula is C11H21N3. The zero-order chi connectivity index (χ0) is 10.6. The Morgan fingerprint density at radius 1 is 1.43 bits per heavy atom. The molecule has 1 heterocycles. The molecule has 1 unspecified atom stereocenters. The molecule has 80 valence electrons. The summed E-state index contributed by atoms with van der Waals surface area (Å²) >= 11 is 0. The highest BCUT2D eigenvalue weighted by atomic mass is 15.0. The molecule has 0 amide bonds. The van der Waals surface area contributed by atoms with E-state index < -0.39 is 0 Å². The Bertz CT molecular complexity index is 263. The molecule has 14 heavy (non-hydrogen) atoms. The zero-order valence-electron chi connectivity index (χ0n) is 9.40. The van der Waals surface area contributed by atoms with Crippen molar-refractivity contribution >= 4 is 0 Å². The number of aromatic nitrogens is 2. The summed E-state index contributed by atoms with van der Waals surface area (Å²) in [6.45, 7) is 4.45. The van der Waals surface area contributed by atoms with Crippen LogP contribution in [0.5, 0.6) is 0 Å². The number of nitrogens with zero attached hydrogens (tertiary/aromatic N) is 2. The summed E-state index contributed by atoms with van der Waals surface area (Å²) < 4.78 is 2.01. The van der Waals surface area contributed by atoms with Gasteiger partial charge in [-0.1, -0.05) is 26.7 Å². The van der Waals surface area contributed by atoms with Gasteiger partial charge in [-0.2, -0.15) is 0 Å². The van der Waals surface area contributed by atoms with Crippen LogP contribution >= 0.6 is 0 Å². The Balaban J connectivity index is 2.58. The maximum absolute atomic E-state index is 6.13. The van der Waals surface area contributed by atoms with E-state index in [-0.39, 0.29) is 6.04 Å². The standard InChI is InChI=1S/C11H21N3/c1-4-9(5-2)6-10(12)11-7-13-8-14(11)3/h7-10H,4-6,12H2,1-3H3. The van der Waals surface area contributed by atoms with E-state index in [0.717, 1.165) is 18.0 Å². The van der Waals surface area contributed by atoms with Gasteiger partial charge in [-0.15, -0.1) is 0 Å². The predicted molar refractivity (Wildman–Crippen MR) is 58.8 cm³/mol. The third-order valence-electron chi connectivity index (χ3n) is 2.98. The minimum atomic E-state index is 0.132. The lowest BCUT2D eigenvalue weighted by Crippen LogP contribution is -2.17. The molecule has 1 atom stereocenters. The molecule has 0 aliphatic rings. The van der Waals surface area contributed by atoms with Crippen molar-refractivity contribution in [1.82, 2.24) is 9.55 Å². The highest BCUT2D eigenvalue weighted by Crippen LogP contribution is 2.22. The maximum Gasteiger partial charge on any atom is 0.0946 e. The number of hydrogen-bond donors (Lipinski definition) is 1. The molecule has 3 nitrogen and oxygen atoms in total. The molecule has 1 aromatic heterocycles. The van der Waals surface area contributed by atoms with Crippen LogP contribution in [-0.2, 0) is 7.05 Å². The van der Waals surface area contributed by atoms with E-state index in [1.54, 1.807) is 0 Å². The van der Waals surface area contributed by atoms with Crippen LogP contribution in [0, 0.1) is 5.92 Å². The van der Waals surface area contributed by atoms with Crippen molar-refractivity contribution < 1.29 is 0 Å². The third kappa shape index (κ3) is 2.58. The van der Waals surface area contributed by atoms with E-state index in [0.29, 0.717) is 0 Å². The van der Waals surface area contributed by atoms with E-state index in [4.69, 9.17) is 5.73 Å². The first kappa shape index (κ1) is 11.2. The monoisotopic (exact) mass is 195 g/mol. The van der Waals surface area contributed by atoms with Gasteiger partial charge in [-0.25, -0.2) is 4.98 Å². The highest BCUT2D eigenvalue weighted by Gasteiger charge is 2.14.